The van der Waals surface area contributed by atoms with Crippen LogP contribution in [-0.2, 0) is 17.4 Å². The van der Waals surface area contributed by atoms with Gasteiger partial charge in [0.2, 0.25) is 5.91 Å². The van der Waals surface area contributed by atoms with Gasteiger partial charge in [-0.2, -0.15) is 0 Å². The molecular weight excluding hydrogens is 446 g/mol. The van der Waals surface area contributed by atoms with Crippen molar-refractivity contribution in [3.8, 4) is 11.3 Å². The minimum absolute atomic E-state index is 0. The molecule has 0 saturated carbocycles. The van der Waals surface area contributed by atoms with Gasteiger partial charge < -0.3 is 14.6 Å². The number of hydrogen-bond donors (Lipinski definition) is 1. The van der Waals surface area contributed by atoms with Crippen molar-refractivity contribution in [3.63, 3.8) is 0 Å². The van der Waals surface area contributed by atoms with Crippen LogP contribution in [0.5, 0.6) is 0 Å². The van der Waals surface area contributed by atoms with E-state index in [1.54, 1.807) is 12.3 Å². The molecule has 1 aliphatic heterocycles. The van der Waals surface area contributed by atoms with Gasteiger partial charge in [-0.3, -0.25) is 4.79 Å². The van der Waals surface area contributed by atoms with Crippen LogP contribution in [0.1, 0.15) is 24.0 Å². The van der Waals surface area contributed by atoms with Crippen molar-refractivity contribution in [2.24, 2.45) is 7.05 Å². The standard InChI is InChI=1S/C28H27N3O2.ClH/c1-30-26(21-9-4-2-5-10-21)23(24-13-8-18-29-27(24)30)14-15-25(32)31-19-16-28(33,17-20-31)22-11-6-3-7-12-22;/h2-15,18,33H,16-17,19-20H2,1H3;1H. The van der Waals surface area contributed by atoms with E-state index in [1.807, 2.05) is 78.7 Å². The lowest BCUT2D eigenvalue weighted by molar-refractivity contribution is -0.130. The summed E-state index contributed by atoms with van der Waals surface area (Å²) in [5, 5.41) is 12.1. The summed E-state index contributed by atoms with van der Waals surface area (Å²) in [7, 11) is 2.01. The Bertz CT molecular complexity index is 1310. The predicted molar refractivity (Wildman–Crippen MR) is 139 cm³/mol. The van der Waals surface area contributed by atoms with Gasteiger partial charge in [-0.05, 0) is 42.2 Å². The second kappa shape index (κ2) is 9.84. The monoisotopic (exact) mass is 473 g/mol. The van der Waals surface area contributed by atoms with Crippen molar-refractivity contribution in [2.75, 3.05) is 13.1 Å². The number of hydrogen-bond acceptors (Lipinski definition) is 3. The summed E-state index contributed by atoms with van der Waals surface area (Å²) in [4.78, 5) is 19.4. The predicted octanol–water partition coefficient (Wildman–Crippen LogP) is 5.19. The molecule has 0 unspecified atom stereocenters. The second-order valence-corrected chi connectivity index (χ2v) is 8.62. The number of nitrogens with zero attached hydrogens (tertiary/aromatic N) is 3. The Hall–Kier alpha value is -3.41. The first-order valence-electron chi connectivity index (χ1n) is 11.3. The van der Waals surface area contributed by atoms with Gasteiger partial charge in [-0.25, -0.2) is 4.98 Å². The summed E-state index contributed by atoms with van der Waals surface area (Å²) < 4.78 is 2.08. The molecule has 1 saturated heterocycles. The van der Waals surface area contributed by atoms with E-state index in [4.69, 9.17) is 0 Å². The van der Waals surface area contributed by atoms with Gasteiger partial charge in [0.15, 0.2) is 0 Å². The van der Waals surface area contributed by atoms with E-state index >= 15 is 0 Å². The number of fused-ring (bicyclic) bond motifs is 1. The van der Waals surface area contributed by atoms with Crippen LogP contribution in [0.15, 0.2) is 85.1 Å². The molecule has 1 N–H and O–H groups in total. The molecule has 1 aliphatic rings. The second-order valence-electron chi connectivity index (χ2n) is 8.62. The molecule has 1 fully saturated rings. The number of halogens is 1. The van der Waals surface area contributed by atoms with Gasteiger partial charge in [0.25, 0.3) is 0 Å². The molecule has 5 nitrogen and oxygen atoms in total. The Morgan fingerprint density at radius 3 is 2.29 bits per heavy atom. The van der Waals surface area contributed by atoms with Crippen LogP contribution >= 0.6 is 12.4 Å². The van der Waals surface area contributed by atoms with Crippen LogP contribution in [0, 0.1) is 0 Å². The number of carbonyl (C=O) groups excluding carboxylic acids is 1. The lowest BCUT2D eigenvalue weighted by Crippen LogP contribution is -2.44. The smallest absolute Gasteiger partial charge is 0.246 e. The van der Waals surface area contributed by atoms with E-state index < -0.39 is 5.60 Å². The topological polar surface area (TPSA) is 58.4 Å². The fraction of sp³-hybridized carbons (Fsp3) is 0.214. The van der Waals surface area contributed by atoms with E-state index in [2.05, 4.69) is 21.7 Å². The zero-order valence-electron chi connectivity index (χ0n) is 19.1. The molecule has 0 spiro atoms. The van der Waals surface area contributed by atoms with Crippen molar-refractivity contribution in [1.29, 1.82) is 0 Å². The summed E-state index contributed by atoms with van der Waals surface area (Å²) in [6.45, 7) is 1.05. The van der Waals surface area contributed by atoms with Crippen molar-refractivity contribution in [3.05, 3.63) is 96.2 Å². The highest BCUT2D eigenvalue weighted by Crippen LogP contribution is 2.34. The normalized spacial score (nSPS) is 15.4. The van der Waals surface area contributed by atoms with E-state index in [-0.39, 0.29) is 18.3 Å². The third-order valence-electron chi connectivity index (χ3n) is 6.64. The molecule has 0 radical (unpaired) electrons. The summed E-state index contributed by atoms with van der Waals surface area (Å²) in [5.41, 5.74) is 4.03. The van der Waals surface area contributed by atoms with Crippen LogP contribution in [-0.4, -0.2) is 38.6 Å². The third kappa shape index (κ3) is 4.37. The number of benzene rings is 2. The maximum atomic E-state index is 13.0. The van der Waals surface area contributed by atoms with Gasteiger partial charge in [0, 0.05) is 43.4 Å². The van der Waals surface area contributed by atoms with E-state index in [9.17, 15) is 9.90 Å². The third-order valence-corrected chi connectivity index (χ3v) is 6.64. The molecule has 2 aromatic carbocycles. The summed E-state index contributed by atoms with van der Waals surface area (Å²) in [5.74, 6) is -0.0370. The van der Waals surface area contributed by atoms with E-state index in [1.165, 1.54) is 0 Å². The zero-order valence-corrected chi connectivity index (χ0v) is 19.9. The maximum Gasteiger partial charge on any atom is 0.246 e. The van der Waals surface area contributed by atoms with E-state index in [0.29, 0.717) is 25.9 Å². The molecule has 2 aromatic heterocycles. The first-order chi connectivity index (χ1) is 16.1. The number of piperidine rings is 1. The van der Waals surface area contributed by atoms with Gasteiger partial charge in [0.1, 0.15) is 5.65 Å². The summed E-state index contributed by atoms with van der Waals surface area (Å²) in [6.07, 6.45) is 6.42. The molecule has 34 heavy (non-hydrogen) atoms. The average molecular weight is 474 g/mol. The largest absolute Gasteiger partial charge is 0.385 e. The maximum absolute atomic E-state index is 13.0. The molecule has 6 heteroatoms. The van der Waals surface area contributed by atoms with Crippen LogP contribution in [0.3, 0.4) is 0 Å². The number of rotatable bonds is 4. The van der Waals surface area contributed by atoms with Crippen molar-refractivity contribution >= 4 is 35.4 Å². The molecular formula is C28H28ClN3O2. The number of aliphatic hydroxyl groups is 1. The number of likely N-dealkylation sites (tertiary alicyclic amines) is 1. The molecule has 0 atom stereocenters. The van der Waals surface area contributed by atoms with Crippen molar-refractivity contribution in [1.82, 2.24) is 14.5 Å². The quantitative estimate of drug-likeness (QED) is 0.415. The van der Waals surface area contributed by atoms with Crippen LogP contribution < -0.4 is 0 Å². The minimum atomic E-state index is -0.871. The number of aryl methyl sites for hydroxylation is 1. The number of aromatic nitrogens is 2. The van der Waals surface area contributed by atoms with Gasteiger partial charge in [0.05, 0.1) is 11.3 Å². The summed E-state index contributed by atoms with van der Waals surface area (Å²) in [6, 6.07) is 23.9. The zero-order chi connectivity index (χ0) is 22.8. The van der Waals surface area contributed by atoms with Crippen molar-refractivity contribution < 1.29 is 9.90 Å². The molecule has 174 valence electrons. The van der Waals surface area contributed by atoms with Crippen LogP contribution in [0.4, 0.5) is 0 Å². The van der Waals surface area contributed by atoms with Gasteiger partial charge in [-0.1, -0.05) is 60.7 Å². The molecule has 5 rings (SSSR count). The molecule has 4 aromatic rings. The fourth-order valence-corrected chi connectivity index (χ4v) is 4.80. The highest BCUT2D eigenvalue weighted by Gasteiger charge is 2.34. The number of amides is 1. The van der Waals surface area contributed by atoms with E-state index in [0.717, 1.165) is 33.4 Å². The Kier molecular flexibility index (Phi) is 6.87. The molecule has 0 aliphatic carbocycles. The first-order valence-corrected chi connectivity index (χ1v) is 11.3. The Morgan fingerprint density at radius 2 is 1.62 bits per heavy atom. The lowest BCUT2D eigenvalue weighted by Gasteiger charge is -2.38. The average Bonchev–Trinajstić information content (AvgIpc) is 3.15. The Labute approximate surface area is 205 Å². The summed E-state index contributed by atoms with van der Waals surface area (Å²) >= 11 is 0. The minimum Gasteiger partial charge on any atom is -0.385 e. The van der Waals surface area contributed by atoms with Crippen LogP contribution in [0.25, 0.3) is 28.4 Å². The lowest BCUT2D eigenvalue weighted by atomic mass is 9.84. The molecule has 1 amide bonds. The Morgan fingerprint density at radius 1 is 0.971 bits per heavy atom. The van der Waals surface area contributed by atoms with Crippen LogP contribution in [0.2, 0.25) is 0 Å². The number of carbonyl (C=O) groups is 1. The Balaban J connectivity index is 0.00000274. The van der Waals surface area contributed by atoms with Crippen molar-refractivity contribution in [2.45, 2.75) is 18.4 Å². The highest BCUT2D eigenvalue weighted by atomic mass is 35.5. The van der Waals surface area contributed by atoms with Gasteiger partial charge in [-0.15, -0.1) is 12.4 Å². The number of pyridine rings is 1. The highest BCUT2D eigenvalue weighted by molar-refractivity contribution is 6.00. The van der Waals surface area contributed by atoms with Gasteiger partial charge >= 0.3 is 0 Å². The first kappa shape index (κ1) is 23.7. The SMILES string of the molecule is Cl.Cn1c(-c2ccccc2)c(C=CC(=O)N2CCC(O)(c3ccccc3)CC2)c2cccnc21. The molecule has 0 bridgehead atoms. The fourth-order valence-electron chi connectivity index (χ4n) is 4.80. The molecule has 3 heterocycles.